The lowest BCUT2D eigenvalue weighted by Crippen LogP contribution is -2.53. The minimum absolute atomic E-state index is 0.262. The summed E-state index contributed by atoms with van der Waals surface area (Å²) in [5, 5.41) is 9.39. The number of carbonyl (C=O) groups excluding carboxylic acids is 1. The van der Waals surface area contributed by atoms with Crippen LogP contribution in [-0.4, -0.2) is 47.9 Å². The van der Waals surface area contributed by atoms with Crippen molar-refractivity contribution in [2.45, 2.75) is 37.3 Å². The number of aliphatic hydroxyl groups is 1. The standard InChI is InChI=1S/C11H18N2O2/c1-13-4-2-9(3-5-13)11(12-8-14)6-10(15)7-11/h9-10,15H,2-7H2,1H3. The fourth-order valence-corrected chi connectivity index (χ4v) is 2.91. The van der Waals surface area contributed by atoms with E-state index in [0.717, 1.165) is 25.9 Å². The maximum Gasteiger partial charge on any atom is 0.235 e. The van der Waals surface area contributed by atoms with Gasteiger partial charge in [0.2, 0.25) is 6.08 Å². The van der Waals surface area contributed by atoms with Crippen LogP contribution < -0.4 is 0 Å². The van der Waals surface area contributed by atoms with Gasteiger partial charge in [-0.25, -0.2) is 4.79 Å². The predicted molar refractivity (Wildman–Crippen MR) is 56.3 cm³/mol. The molecule has 0 unspecified atom stereocenters. The van der Waals surface area contributed by atoms with Crippen molar-refractivity contribution < 1.29 is 9.90 Å². The third-order valence-electron chi connectivity index (χ3n) is 3.92. The highest BCUT2D eigenvalue weighted by Crippen LogP contribution is 2.45. The van der Waals surface area contributed by atoms with Crippen LogP contribution >= 0.6 is 0 Å². The molecule has 2 rings (SSSR count). The molecule has 2 aliphatic rings. The second-order valence-corrected chi connectivity index (χ2v) is 4.95. The summed E-state index contributed by atoms with van der Waals surface area (Å²) in [6.45, 7) is 2.13. The molecule has 0 amide bonds. The lowest BCUT2D eigenvalue weighted by molar-refractivity contribution is -0.0216. The van der Waals surface area contributed by atoms with Crippen molar-refractivity contribution in [2.75, 3.05) is 20.1 Å². The van der Waals surface area contributed by atoms with Gasteiger partial charge >= 0.3 is 0 Å². The number of rotatable bonds is 2. The molecule has 4 heteroatoms. The first kappa shape index (κ1) is 10.8. The third-order valence-corrected chi connectivity index (χ3v) is 3.92. The van der Waals surface area contributed by atoms with Crippen LogP contribution in [0.5, 0.6) is 0 Å². The minimum Gasteiger partial charge on any atom is -0.393 e. The summed E-state index contributed by atoms with van der Waals surface area (Å²) >= 11 is 0. The Morgan fingerprint density at radius 1 is 1.40 bits per heavy atom. The number of hydrogen-bond donors (Lipinski definition) is 1. The molecule has 1 saturated carbocycles. The van der Waals surface area contributed by atoms with Crippen LogP contribution in [0.3, 0.4) is 0 Å². The van der Waals surface area contributed by atoms with Crippen LogP contribution in [0, 0.1) is 5.92 Å². The Kier molecular flexibility index (Phi) is 2.91. The number of aliphatic imine (C=N–C) groups is 1. The van der Waals surface area contributed by atoms with Gasteiger partial charge in [-0.1, -0.05) is 0 Å². The van der Waals surface area contributed by atoms with Gasteiger partial charge in [0, 0.05) is 0 Å². The van der Waals surface area contributed by atoms with E-state index in [4.69, 9.17) is 0 Å². The zero-order valence-corrected chi connectivity index (χ0v) is 9.15. The van der Waals surface area contributed by atoms with Crippen molar-refractivity contribution >= 4 is 6.08 Å². The van der Waals surface area contributed by atoms with Crippen LogP contribution in [0.1, 0.15) is 25.7 Å². The molecular weight excluding hydrogens is 192 g/mol. The second-order valence-electron chi connectivity index (χ2n) is 4.95. The highest BCUT2D eigenvalue weighted by Gasteiger charge is 2.49. The summed E-state index contributed by atoms with van der Waals surface area (Å²) in [7, 11) is 2.11. The molecule has 0 bridgehead atoms. The average molecular weight is 210 g/mol. The van der Waals surface area contributed by atoms with Crippen molar-refractivity contribution in [3.05, 3.63) is 0 Å². The molecule has 0 spiro atoms. The van der Waals surface area contributed by atoms with Gasteiger partial charge in [0.15, 0.2) is 0 Å². The molecule has 1 N–H and O–H groups in total. The molecule has 15 heavy (non-hydrogen) atoms. The number of isocyanates is 1. The van der Waals surface area contributed by atoms with E-state index in [9.17, 15) is 9.90 Å². The molecule has 0 aromatic heterocycles. The molecule has 2 fully saturated rings. The lowest BCUT2D eigenvalue weighted by Gasteiger charge is -2.48. The normalized spacial score (nSPS) is 38.1. The molecule has 0 aromatic rings. The number of hydrogen-bond acceptors (Lipinski definition) is 4. The molecule has 0 radical (unpaired) electrons. The van der Waals surface area contributed by atoms with E-state index in [-0.39, 0.29) is 11.6 Å². The van der Waals surface area contributed by atoms with Gasteiger partial charge in [-0.15, -0.1) is 0 Å². The van der Waals surface area contributed by atoms with Crippen molar-refractivity contribution in [2.24, 2.45) is 10.9 Å². The summed E-state index contributed by atoms with van der Waals surface area (Å²) in [6.07, 6.45) is 4.88. The van der Waals surface area contributed by atoms with Gasteiger partial charge in [0.05, 0.1) is 11.6 Å². The SMILES string of the molecule is CN1CCC(C2(N=C=O)CC(O)C2)CC1. The molecule has 1 heterocycles. The molecule has 0 aromatic carbocycles. The summed E-state index contributed by atoms with van der Waals surface area (Å²) in [4.78, 5) is 16.7. The Hall–Kier alpha value is -0.700. The number of nitrogens with zero attached hydrogens (tertiary/aromatic N) is 2. The second kappa shape index (κ2) is 4.05. The average Bonchev–Trinajstić information content (AvgIpc) is 2.16. The Bertz CT molecular complexity index is 272. The van der Waals surface area contributed by atoms with Crippen molar-refractivity contribution in [3.63, 3.8) is 0 Å². The highest BCUT2D eigenvalue weighted by molar-refractivity contribution is 5.36. The summed E-state index contributed by atoms with van der Waals surface area (Å²) in [5.41, 5.74) is -0.275. The predicted octanol–water partition coefficient (Wildman–Crippen LogP) is 0.557. The van der Waals surface area contributed by atoms with E-state index in [2.05, 4.69) is 16.9 Å². The maximum atomic E-state index is 10.4. The van der Waals surface area contributed by atoms with Crippen LogP contribution in [0.2, 0.25) is 0 Å². The zero-order valence-electron chi connectivity index (χ0n) is 9.15. The van der Waals surface area contributed by atoms with Crippen molar-refractivity contribution in [1.29, 1.82) is 0 Å². The highest BCUT2D eigenvalue weighted by atomic mass is 16.3. The summed E-state index contributed by atoms with van der Waals surface area (Å²) in [5.74, 6) is 0.457. The first-order valence-electron chi connectivity index (χ1n) is 5.62. The Morgan fingerprint density at radius 2 is 2.00 bits per heavy atom. The monoisotopic (exact) mass is 210 g/mol. The smallest absolute Gasteiger partial charge is 0.235 e. The lowest BCUT2D eigenvalue weighted by atomic mass is 9.64. The molecule has 1 saturated heterocycles. The quantitative estimate of drug-likeness (QED) is 0.535. The minimum atomic E-state index is -0.275. The van der Waals surface area contributed by atoms with E-state index in [0.29, 0.717) is 18.8 Å². The van der Waals surface area contributed by atoms with Crippen molar-refractivity contribution in [3.8, 4) is 0 Å². The Labute approximate surface area is 90.0 Å². The van der Waals surface area contributed by atoms with Gasteiger partial charge in [-0.2, -0.15) is 4.99 Å². The van der Waals surface area contributed by atoms with Crippen LogP contribution in [0.4, 0.5) is 0 Å². The largest absolute Gasteiger partial charge is 0.393 e. The first-order chi connectivity index (χ1) is 7.16. The van der Waals surface area contributed by atoms with Crippen molar-refractivity contribution in [1.82, 2.24) is 4.90 Å². The Balaban J connectivity index is 2.03. The molecule has 1 aliphatic carbocycles. The maximum absolute atomic E-state index is 10.4. The summed E-state index contributed by atoms with van der Waals surface area (Å²) < 4.78 is 0. The van der Waals surface area contributed by atoms with Gasteiger partial charge < -0.3 is 10.0 Å². The van der Waals surface area contributed by atoms with Gasteiger partial charge in [0.1, 0.15) is 0 Å². The van der Waals surface area contributed by atoms with Gasteiger partial charge in [-0.3, -0.25) is 0 Å². The van der Waals surface area contributed by atoms with Crippen LogP contribution in [0.15, 0.2) is 4.99 Å². The topological polar surface area (TPSA) is 52.9 Å². The number of aliphatic hydroxyl groups excluding tert-OH is 1. The molecular formula is C11H18N2O2. The van der Waals surface area contributed by atoms with E-state index < -0.39 is 0 Å². The third kappa shape index (κ3) is 1.98. The molecule has 4 nitrogen and oxygen atoms in total. The molecule has 1 aliphatic heterocycles. The fourth-order valence-electron chi connectivity index (χ4n) is 2.91. The van der Waals surface area contributed by atoms with Crippen LogP contribution in [-0.2, 0) is 4.79 Å². The van der Waals surface area contributed by atoms with Crippen LogP contribution in [0.25, 0.3) is 0 Å². The van der Waals surface area contributed by atoms with E-state index in [1.54, 1.807) is 6.08 Å². The zero-order chi connectivity index (χ0) is 10.9. The van der Waals surface area contributed by atoms with E-state index in [1.807, 2.05) is 0 Å². The number of likely N-dealkylation sites (tertiary alicyclic amines) is 1. The molecule has 0 atom stereocenters. The Morgan fingerprint density at radius 3 is 2.47 bits per heavy atom. The van der Waals surface area contributed by atoms with Gasteiger partial charge in [-0.05, 0) is 51.7 Å². The first-order valence-corrected chi connectivity index (χ1v) is 5.62. The molecule has 84 valence electrons. The van der Waals surface area contributed by atoms with E-state index in [1.165, 1.54) is 0 Å². The number of piperidine rings is 1. The summed E-state index contributed by atoms with van der Waals surface area (Å²) in [6, 6.07) is 0. The van der Waals surface area contributed by atoms with E-state index >= 15 is 0 Å². The fraction of sp³-hybridized carbons (Fsp3) is 0.909. The van der Waals surface area contributed by atoms with Gasteiger partial charge in [0.25, 0.3) is 0 Å².